The Bertz CT molecular complexity index is 848. The average molecular weight is 360 g/mol. The van der Waals surface area contributed by atoms with Crippen LogP contribution in [0.25, 0.3) is 11.1 Å². The molecule has 0 aromatic heterocycles. The van der Waals surface area contributed by atoms with E-state index < -0.39 is 0 Å². The Labute approximate surface area is 156 Å². The molecule has 0 amide bonds. The zero-order valence-corrected chi connectivity index (χ0v) is 17.5. The summed E-state index contributed by atoms with van der Waals surface area (Å²) in [7, 11) is 0. The molecular formula is C23H31F2N. The Morgan fingerprint density at radius 1 is 0.577 bits per heavy atom. The highest BCUT2D eigenvalue weighted by atomic mass is 19.1. The van der Waals surface area contributed by atoms with Crippen LogP contribution in [0, 0.1) is 46.3 Å². The molecule has 2 rings (SSSR count). The molecule has 2 aromatic carbocycles. The van der Waals surface area contributed by atoms with Crippen molar-refractivity contribution in [2.75, 3.05) is 5.73 Å². The number of nitrogen functional groups attached to an aromatic ring is 1. The second kappa shape index (κ2) is 7.02. The Balaban J connectivity index is 3.11. The first-order chi connectivity index (χ1) is 11.9. The van der Waals surface area contributed by atoms with Crippen molar-refractivity contribution in [2.24, 2.45) is 0 Å². The first-order valence-corrected chi connectivity index (χ1v) is 9.30. The lowest BCUT2D eigenvalue weighted by atomic mass is 9.79. The van der Waals surface area contributed by atoms with Gasteiger partial charge in [0.25, 0.3) is 0 Å². The highest BCUT2D eigenvalue weighted by molar-refractivity contribution is 5.82. The van der Waals surface area contributed by atoms with Gasteiger partial charge in [0.2, 0.25) is 0 Å². The van der Waals surface area contributed by atoms with Crippen LogP contribution in [0.3, 0.4) is 0 Å². The third-order valence-electron chi connectivity index (χ3n) is 5.78. The van der Waals surface area contributed by atoms with Crippen LogP contribution in [0.2, 0.25) is 0 Å². The highest BCUT2D eigenvalue weighted by Gasteiger charge is 2.28. The van der Waals surface area contributed by atoms with E-state index in [0.29, 0.717) is 33.5 Å². The van der Waals surface area contributed by atoms with E-state index in [0.717, 1.165) is 22.3 Å². The number of hydrogen-bond donors (Lipinski definition) is 1. The average Bonchev–Trinajstić information content (AvgIpc) is 2.55. The maximum atomic E-state index is 15.6. The lowest BCUT2D eigenvalue weighted by molar-refractivity contribution is 0.569. The summed E-state index contributed by atoms with van der Waals surface area (Å²) in [5.74, 6) is -0.501. The summed E-state index contributed by atoms with van der Waals surface area (Å²) in [6.45, 7) is 17.2. The third-order valence-corrected chi connectivity index (χ3v) is 5.78. The van der Waals surface area contributed by atoms with E-state index >= 15 is 8.78 Å². The molecule has 1 nitrogen and oxygen atoms in total. The number of hydrogen-bond acceptors (Lipinski definition) is 1. The molecule has 0 bridgehead atoms. The first kappa shape index (κ1) is 20.4. The molecule has 2 N–H and O–H groups in total. The van der Waals surface area contributed by atoms with Crippen molar-refractivity contribution in [2.45, 2.75) is 74.1 Å². The molecule has 26 heavy (non-hydrogen) atoms. The van der Waals surface area contributed by atoms with Crippen LogP contribution in [0.5, 0.6) is 0 Å². The Kier molecular flexibility index (Phi) is 5.51. The Morgan fingerprint density at radius 2 is 1.08 bits per heavy atom. The van der Waals surface area contributed by atoms with E-state index in [-0.39, 0.29) is 23.5 Å². The van der Waals surface area contributed by atoms with Crippen LogP contribution < -0.4 is 5.73 Å². The molecule has 3 heteroatoms. The van der Waals surface area contributed by atoms with Crippen molar-refractivity contribution in [1.82, 2.24) is 0 Å². The number of nitrogens with two attached hydrogens (primary N) is 1. The fraction of sp³-hybridized carbons (Fsp3) is 0.478. The van der Waals surface area contributed by atoms with Crippen molar-refractivity contribution >= 4 is 5.69 Å². The third kappa shape index (κ3) is 2.91. The van der Waals surface area contributed by atoms with Gasteiger partial charge in [0.05, 0.1) is 0 Å². The van der Waals surface area contributed by atoms with Gasteiger partial charge < -0.3 is 5.73 Å². The molecule has 142 valence electrons. The van der Waals surface area contributed by atoms with Crippen LogP contribution in [-0.4, -0.2) is 0 Å². The zero-order valence-electron chi connectivity index (χ0n) is 17.5. The lowest BCUT2D eigenvalue weighted by Crippen LogP contribution is -2.11. The molecule has 0 radical (unpaired) electrons. The van der Waals surface area contributed by atoms with Crippen molar-refractivity contribution in [3.63, 3.8) is 0 Å². The molecule has 0 aliphatic heterocycles. The summed E-state index contributed by atoms with van der Waals surface area (Å²) in [5, 5.41) is 0. The topological polar surface area (TPSA) is 26.0 Å². The summed E-state index contributed by atoms with van der Waals surface area (Å²) < 4.78 is 30.9. The quantitative estimate of drug-likeness (QED) is 0.586. The largest absolute Gasteiger partial charge is 0.398 e. The number of benzene rings is 2. The van der Waals surface area contributed by atoms with Gasteiger partial charge in [-0.15, -0.1) is 0 Å². The zero-order chi connectivity index (χ0) is 20.1. The van der Waals surface area contributed by atoms with Crippen LogP contribution in [0.15, 0.2) is 0 Å². The van der Waals surface area contributed by atoms with Crippen molar-refractivity contribution < 1.29 is 8.78 Å². The summed E-state index contributed by atoms with van der Waals surface area (Å²) >= 11 is 0. The molecule has 0 fully saturated rings. The number of anilines is 1. The van der Waals surface area contributed by atoms with Crippen LogP contribution in [0.1, 0.15) is 78.5 Å². The van der Waals surface area contributed by atoms with Gasteiger partial charge in [-0.1, -0.05) is 27.7 Å². The van der Waals surface area contributed by atoms with E-state index in [9.17, 15) is 0 Å². The fourth-order valence-electron chi connectivity index (χ4n) is 3.99. The molecule has 0 atom stereocenters. The van der Waals surface area contributed by atoms with Gasteiger partial charge in [-0.2, -0.15) is 0 Å². The summed E-state index contributed by atoms with van der Waals surface area (Å²) in [6, 6.07) is 0. The molecule has 0 unspecified atom stereocenters. The molecule has 2 aromatic rings. The summed E-state index contributed by atoms with van der Waals surface area (Å²) in [4.78, 5) is 0. The smallest absolute Gasteiger partial charge is 0.134 e. The fourth-order valence-corrected chi connectivity index (χ4v) is 3.99. The van der Waals surface area contributed by atoms with Gasteiger partial charge in [0.15, 0.2) is 0 Å². The second-order valence-corrected chi connectivity index (χ2v) is 8.05. The summed E-state index contributed by atoms with van der Waals surface area (Å²) in [6.07, 6.45) is 0. The normalized spacial score (nSPS) is 11.7. The van der Waals surface area contributed by atoms with Crippen LogP contribution in [-0.2, 0) is 0 Å². The molecule has 0 aliphatic carbocycles. The van der Waals surface area contributed by atoms with Gasteiger partial charge in [-0.25, -0.2) is 8.78 Å². The molecule has 0 saturated carbocycles. The first-order valence-electron chi connectivity index (χ1n) is 9.30. The minimum absolute atomic E-state index is 0.0658. The lowest BCUT2D eigenvalue weighted by Gasteiger charge is -2.26. The Hall–Kier alpha value is -1.90. The van der Waals surface area contributed by atoms with Crippen molar-refractivity contribution in [1.29, 1.82) is 0 Å². The van der Waals surface area contributed by atoms with Gasteiger partial charge in [-0.05, 0) is 91.0 Å². The Morgan fingerprint density at radius 3 is 1.54 bits per heavy atom. The molecule has 0 heterocycles. The van der Waals surface area contributed by atoms with Gasteiger partial charge in [-0.3, -0.25) is 0 Å². The number of rotatable bonds is 3. The minimum Gasteiger partial charge on any atom is -0.398 e. The van der Waals surface area contributed by atoms with E-state index in [4.69, 9.17) is 5.73 Å². The maximum Gasteiger partial charge on any atom is 0.134 e. The monoisotopic (exact) mass is 359 g/mol. The maximum absolute atomic E-state index is 15.6. The van der Waals surface area contributed by atoms with Crippen LogP contribution >= 0.6 is 0 Å². The van der Waals surface area contributed by atoms with Gasteiger partial charge in [0, 0.05) is 11.3 Å². The van der Waals surface area contributed by atoms with Crippen molar-refractivity contribution in [3.05, 3.63) is 50.6 Å². The highest BCUT2D eigenvalue weighted by Crippen LogP contribution is 2.44. The van der Waals surface area contributed by atoms with Gasteiger partial charge >= 0.3 is 0 Å². The predicted octanol–water partition coefficient (Wildman–Crippen LogP) is 7.00. The second-order valence-electron chi connectivity index (χ2n) is 8.05. The minimum atomic E-state index is -0.296. The molecule has 0 aliphatic rings. The predicted molar refractivity (Wildman–Crippen MR) is 108 cm³/mol. The molecular weight excluding hydrogens is 328 g/mol. The standard InChI is InChI=1S/C23H31F2N/c1-10(2)17-12(5)13(6)19(18(11(3)4)22(17)25)20-16(9)23(26)15(8)14(7)21(20)24/h10-11H,26H2,1-9H3. The molecule has 0 saturated heterocycles. The molecule has 0 spiro atoms. The van der Waals surface area contributed by atoms with E-state index in [1.54, 1.807) is 6.92 Å². The van der Waals surface area contributed by atoms with Crippen LogP contribution in [0.4, 0.5) is 14.5 Å². The van der Waals surface area contributed by atoms with E-state index in [1.807, 2.05) is 55.4 Å². The van der Waals surface area contributed by atoms with Gasteiger partial charge in [0.1, 0.15) is 11.6 Å². The van der Waals surface area contributed by atoms with E-state index in [1.165, 1.54) is 0 Å². The number of halogens is 2. The summed E-state index contributed by atoms with van der Waals surface area (Å²) in [5.41, 5.74) is 13.1. The SMILES string of the molecule is Cc1c(C)c(F)c(-c2c(C)c(C)c(C(C)C)c(F)c2C(C)C)c(C)c1N. The van der Waals surface area contributed by atoms with Crippen molar-refractivity contribution in [3.8, 4) is 11.1 Å². The van der Waals surface area contributed by atoms with E-state index in [2.05, 4.69) is 0 Å².